The van der Waals surface area contributed by atoms with E-state index in [4.69, 9.17) is 14.0 Å². The fourth-order valence-electron chi connectivity index (χ4n) is 2.57. The molecule has 0 atom stereocenters. The Hall–Kier alpha value is -2.93. The number of rotatable bonds is 8. The van der Waals surface area contributed by atoms with Crippen molar-refractivity contribution in [3.8, 4) is 22.8 Å². The van der Waals surface area contributed by atoms with Gasteiger partial charge in [-0.2, -0.15) is 0 Å². The van der Waals surface area contributed by atoms with Crippen LogP contribution in [0.3, 0.4) is 0 Å². The molecule has 0 saturated carbocycles. The monoisotopic (exact) mass is 398 g/mol. The zero-order valence-corrected chi connectivity index (χ0v) is 16.8. The number of nitrogens with zero attached hydrogens (tertiary/aromatic N) is 1. The van der Waals surface area contributed by atoms with Gasteiger partial charge in [0.1, 0.15) is 11.5 Å². The Morgan fingerprint density at radius 3 is 2.61 bits per heavy atom. The average molecular weight is 398 g/mol. The smallest absolute Gasteiger partial charge is 0.273 e. The van der Waals surface area contributed by atoms with Crippen LogP contribution in [0.2, 0.25) is 0 Å². The number of nitrogens with one attached hydrogen (secondary N) is 1. The third-order valence-electron chi connectivity index (χ3n) is 4.09. The predicted molar refractivity (Wildman–Crippen MR) is 109 cm³/mol. The molecule has 7 heteroatoms. The highest BCUT2D eigenvalue weighted by atomic mass is 32.2. The number of benzene rings is 2. The van der Waals surface area contributed by atoms with Crippen LogP contribution in [-0.4, -0.2) is 37.6 Å². The van der Waals surface area contributed by atoms with Crippen LogP contribution >= 0.6 is 11.8 Å². The van der Waals surface area contributed by atoms with E-state index in [1.54, 1.807) is 50.2 Å². The van der Waals surface area contributed by atoms with Crippen LogP contribution in [0, 0.1) is 6.92 Å². The molecular weight excluding hydrogens is 376 g/mol. The van der Waals surface area contributed by atoms with E-state index in [1.165, 1.54) is 10.5 Å². The van der Waals surface area contributed by atoms with Crippen LogP contribution in [0.4, 0.5) is 0 Å². The second-order valence-electron chi connectivity index (χ2n) is 6.06. The molecule has 1 N–H and O–H groups in total. The molecule has 0 fully saturated rings. The Balaban J connectivity index is 1.59. The SMILES string of the molecule is COc1ccc(OC)c(-c2cc(C(=O)NCCSc3ccc(C)cc3)no2)c1. The highest BCUT2D eigenvalue weighted by molar-refractivity contribution is 7.99. The van der Waals surface area contributed by atoms with E-state index in [9.17, 15) is 4.79 Å². The number of thioether (sulfide) groups is 1. The minimum atomic E-state index is -0.277. The van der Waals surface area contributed by atoms with Crippen molar-refractivity contribution in [2.45, 2.75) is 11.8 Å². The summed E-state index contributed by atoms with van der Waals surface area (Å²) in [6.07, 6.45) is 0. The molecule has 28 heavy (non-hydrogen) atoms. The molecule has 1 amide bonds. The Bertz CT molecular complexity index is 938. The minimum absolute atomic E-state index is 0.222. The van der Waals surface area contributed by atoms with Gasteiger partial charge in [0.15, 0.2) is 11.5 Å². The van der Waals surface area contributed by atoms with Crippen molar-refractivity contribution >= 4 is 17.7 Å². The Labute approximate surface area is 168 Å². The lowest BCUT2D eigenvalue weighted by molar-refractivity contribution is 0.0947. The molecular formula is C21H22N2O4S. The summed E-state index contributed by atoms with van der Waals surface area (Å²) >= 11 is 1.69. The van der Waals surface area contributed by atoms with Crippen molar-refractivity contribution in [2.75, 3.05) is 26.5 Å². The van der Waals surface area contributed by atoms with E-state index in [2.05, 4.69) is 41.7 Å². The first-order valence-corrected chi connectivity index (χ1v) is 9.76. The van der Waals surface area contributed by atoms with E-state index in [-0.39, 0.29) is 11.6 Å². The molecule has 0 radical (unpaired) electrons. The summed E-state index contributed by atoms with van der Waals surface area (Å²) in [5.74, 6) is 2.20. The summed E-state index contributed by atoms with van der Waals surface area (Å²) in [6, 6.07) is 15.2. The molecule has 1 aromatic heterocycles. The van der Waals surface area contributed by atoms with E-state index >= 15 is 0 Å². The van der Waals surface area contributed by atoms with E-state index in [0.717, 1.165) is 5.75 Å². The van der Waals surface area contributed by atoms with Crippen molar-refractivity contribution in [1.29, 1.82) is 0 Å². The molecule has 0 aliphatic rings. The molecule has 0 spiro atoms. The highest BCUT2D eigenvalue weighted by Crippen LogP contribution is 2.33. The second-order valence-corrected chi connectivity index (χ2v) is 7.23. The van der Waals surface area contributed by atoms with Crippen molar-refractivity contribution in [1.82, 2.24) is 10.5 Å². The number of amides is 1. The van der Waals surface area contributed by atoms with Crippen LogP contribution in [0.25, 0.3) is 11.3 Å². The lowest BCUT2D eigenvalue weighted by atomic mass is 10.1. The van der Waals surface area contributed by atoms with Gasteiger partial charge in [-0.05, 0) is 37.3 Å². The summed E-state index contributed by atoms with van der Waals surface area (Å²) in [5, 5.41) is 6.74. The number of hydrogen-bond donors (Lipinski definition) is 1. The standard InChI is InChI=1S/C21H22N2O4S/c1-14-4-7-16(8-5-14)28-11-10-22-21(24)18-13-20(27-23-18)17-12-15(25-2)6-9-19(17)26-3/h4-9,12-13H,10-11H2,1-3H3,(H,22,24). The van der Waals surface area contributed by atoms with E-state index < -0.39 is 0 Å². The van der Waals surface area contributed by atoms with Crippen molar-refractivity contribution in [3.05, 3.63) is 59.8 Å². The van der Waals surface area contributed by atoms with Gasteiger partial charge in [0.2, 0.25) is 0 Å². The molecule has 0 aliphatic carbocycles. The topological polar surface area (TPSA) is 73.6 Å². The molecule has 146 valence electrons. The molecule has 0 aliphatic heterocycles. The number of hydrogen-bond acceptors (Lipinski definition) is 6. The molecule has 0 unspecified atom stereocenters. The number of methoxy groups -OCH3 is 2. The van der Waals surface area contributed by atoms with Gasteiger partial charge in [0.25, 0.3) is 5.91 Å². The maximum Gasteiger partial charge on any atom is 0.273 e. The third-order valence-corrected chi connectivity index (χ3v) is 5.11. The molecule has 3 rings (SSSR count). The van der Waals surface area contributed by atoms with Crippen molar-refractivity contribution in [2.24, 2.45) is 0 Å². The minimum Gasteiger partial charge on any atom is -0.497 e. The lowest BCUT2D eigenvalue weighted by Crippen LogP contribution is -2.25. The fourth-order valence-corrected chi connectivity index (χ4v) is 3.34. The number of carbonyl (C=O) groups excluding carboxylic acids is 1. The fraction of sp³-hybridized carbons (Fsp3) is 0.238. The van der Waals surface area contributed by atoms with Crippen LogP contribution in [-0.2, 0) is 0 Å². The predicted octanol–water partition coefficient (Wildman–Crippen LogP) is 4.19. The van der Waals surface area contributed by atoms with Gasteiger partial charge in [-0.25, -0.2) is 0 Å². The van der Waals surface area contributed by atoms with E-state index in [0.29, 0.717) is 29.4 Å². The Morgan fingerprint density at radius 1 is 1.11 bits per heavy atom. The summed E-state index contributed by atoms with van der Waals surface area (Å²) < 4.78 is 15.9. The first-order chi connectivity index (χ1) is 13.6. The highest BCUT2D eigenvalue weighted by Gasteiger charge is 2.17. The largest absolute Gasteiger partial charge is 0.497 e. The molecule has 6 nitrogen and oxygen atoms in total. The molecule has 0 saturated heterocycles. The molecule has 0 bridgehead atoms. The summed E-state index contributed by atoms with van der Waals surface area (Å²) in [7, 11) is 3.15. The quantitative estimate of drug-likeness (QED) is 0.453. The van der Waals surface area contributed by atoms with Gasteiger partial charge in [-0.3, -0.25) is 4.79 Å². The van der Waals surface area contributed by atoms with Crippen LogP contribution in [0.1, 0.15) is 16.1 Å². The normalized spacial score (nSPS) is 10.5. The maximum atomic E-state index is 12.3. The lowest BCUT2D eigenvalue weighted by Gasteiger charge is -2.07. The molecule has 1 heterocycles. The van der Waals surface area contributed by atoms with Gasteiger partial charge in [-0.1, -0.05) is 22.9 Å². The maximum absolute atomic E-state index is 12.3. The first-order valence-electron chi connectivity index (χ1n) is 8.77. The van der Waals surface area contributed by atoms with Crippen LogP contribution < -0.4 is 14.8 Å². The van der Waals surface area contributed by atoms with Crippen LogP contribution in [0.5, 0.6) is 11.5 Å². The molecule has 3 aromatic rings. The van der Waals surface area contributed by atoms with Gasteiger partial charge in [-0.15, -0.1) is 11.8 Å². The Kier molecular flexibility index (Phi) is 6.60. The summed E-state index contributed by atoms with van der Waals surface area (Å²) in [6.45, 7) is 2.59. The van der Waals surface area contributed by atoms with Gasteiger partial charge >= 0.3 is 0 Å². The summed E-state index contributed by atoms with van der Waals surface area (Å²) in [5.41, 5.74) is 2.12. The van der Waals surface area contributed by atoms with Gasteiger partial charge in [0.05, 0.1) is 19.8 Å². The molecule has 2 aromatic carbocycles. The third kappa shape index (κ3) is 4.86. The van der Waals surface area contributed by atoms with E-state index in [1.807, 2.05) is 0 Å². The number of aromatic nitrogens is 1. The van der Waals surface area contributed by atoms with Crippen LogP contribution in [0.15, 0.2) is 57.9 Å². The number of ether oxygens (including phenoxy) is 2. The van der Waals surface area contributed by atoms with Gasteiger partial charge < -0.3 is 19.3 Å². The summed E-state index contributed by atoms with van der Waals surface area (Å²) in [4.78, 5) is 13.5. The Morgan fingerprint density at radius 2 is 1.89 bits per heavy atom. The number of aryl methyl sites for hydroxylation is 1. The van der Waals surface area contributed by atoms with Gasteiger partial charge in [0, 0.05) is 23.3 Å². The second kappa shape index (κ2) is 9.32. The average Bonchev–Trinajstić information content (AvgIpc) is 3.22. The van der Waals surface area contributed by atoms with Crippen molar-refractivity contribution in [3.63, 3.8) is 0 Å². The first kappa shape index (κ1) is 19.8. The number of carbonyl (C=O) groups is 1. The zero-order chi connectivity index (χ0) is 19.9. The van der Waals surface area contributed by atoms with Crippen molar-refractivity contribution < 1.29 is 18.8 Å². The zero-order valence-electron chi connectivity index (χ0n) is 16.0.